The SMILES string of the molecule is CC(=O)C=Cc1oc2ccc([NH+]([O-])O)cc2c1-c1ccc(C)o1. The molecule has 6 nitrogen and oxygen atoms in total. The third-order valence-corrected chi connectivity index (χ3v) is 3.42. The molecule has 0 aliphatic heterocycles. The molecule has 0 saturated heterocycles. The van der Waals surface area contributed by atoms with Gasteiger partial charge in [-0.1, -0.05) is 0 Å². The van der Waals surface area contributed by atoms with Gasteiger partial charge < -0.3 is 14.0 Å². The molecule has 118 valence electrons. The Morgan fingerprint density at radius 3 is 2.65 bits per heavy atom. The van der Waals surface area contributed by atoms with Crippen LogP contribution in [0.1, 0.15) is 18.4 Å². The summed E-state index contributed by atoms with van der Waals surface area (Å²) in [5, 5.41) is 20.0. The Morgan fingerprint density at radius 1 is 1.26 bits per heavy atom. The summed E-state index contributed by atoms with van der Waals surface area (Å²) in [6.45, 7) is 3.26. The van der Waals surface area contributed by atoms with E-state index in [1.807, 2.05) is 13.0 Å². The minimum atomic E-state index is -1.02. The second kappa shape index (κ2) is 5.85. The summed E-state index contributed by atoms with van der Waals surface area (Å²) < 4.78 is 11.4. The predicted molar refractivity (Wildman–Crippen MR) is 84.1 cm³/mol. The molecule has 0 radical (unpaired) electrons. The van der Waals surface area contributed by atoms with E-state index in [1.165, 1.54) is 19.1 Å². The van der Waals surface area contributed by atoms with Gasteiger partial charge in [-0.2, -0.15) is 5.23 Å². The fraction of sp³-hybridized carbons (Fsp3) is 0.118. The molecule has 3 rings (SSSR count). The summed E-state index contributed by atoms with van der Waals surface area (Å²) in [7, 11) is 0. The fourth-order valence-corrected chi connectivity index (χ4v) is 2.38. The van der Waals surface area contributed by atoms with Gasteiger partial charge in [0.05, 0.1) is 5.56 Å². The molecular formula is C17H15NO5. The first-order chi connectivity index (χ1) is 11.0. The van der Waals surface area contributed by atoms with Crippen LogP contribution in [0.5, 0.6) is 0 Å². The van der Waals surface area contributed by atoms with Gasteiger partial charge in [0.2, 0.25) is 0 Å². The molecule has 0 fully saturated rings. The molecule has 23 heavy (non-hydrogen) atoms. The molecule has 1 aromatic carbocycles. The summed E-state index contributed by atoms with van der Waals surface area (Å²) in [6, 6.07) is 8.22. The van der Waals surface area contributed by atoms with Gasteiger partial charge in [0.1, 0.15) is 22.9 Å². The van der Waals surface area contributed by atoms with Gasteiger partial charge in [0.15, 0.2) is 11.5 Å². The summed E-state index contributed by atoms with van der Waals surface area (Å²) >= 11 is 0. The van der Waals surface area contributed by atoms with E-state index in [0.29, 0.717) is 28.1 Å². The molecule has 0 spiro atoms. The zero-order valence-electron chi connectivity index (χ0n) is 12.6. The number of nitrogens with one attached hydrogen (secondary N) is 1. The average Bonchev–Trinajstić information content (AvgIpc) is 3.07. The van der Waals surface area contributed by atoms with Gasteiger partial charge in [-0.25, -0.2) is 5.21 Å². The number of hydrogen-bond acceptors (Lipinski definition) is 5. The quantitative estimate of drug-likeness (QED) is 0.570. The van der Waals surface area contributed by atoms with Crippen molar-refractivity contribution in [2.24, 2.45) is 0 Å². The Bertz CT molecular complexity index is 901. The number of quaternary nitrogens is 1. The molecule has 0 aliphatic carbocycles. The van der Waals surface area contributed by atoms with Crippen LogP contribution in [-0.4, -0.2) is 11.0 Å². The maximum absolute atomic E-state index is 11.2. The second-order valence-electron chi connectivity index (χ2n) is 5.21. The molecule has 2 heterocycles. The minimum absolute atomic E-state index is 0.113. The number of hydrogen-bond donors (Lipinski definition) is 2. The summed E-state index contributed by atoms with van der Waals surface area (Å²) in [5.74, 6) is 1.63. The van der Waals surface area contributed by atoms with Crippen molar-refractivity contribution >= 4 is 28.5 Å². The van der Waals surface area contributed by atoms with Crippen LogP contribution < -0.4 is 5.23 Å². The van der Waals surface area contributed by atoms with Crippen LogP contribution in [0.3, 0.4) is 0 Å². The summed E-state index contributed by atoms with van der Waals surface area (Å²) in [4.78, 5) is 11.2. The van der Waals surface area contributed by atoms with E-state index in [4.69, 9.17) is 8.83 Å². The standard InChI is InChI=1S/C17H15NO5/c1-10(19)3-6-16-17(15-7-4-11(2)22-15)13-9-12(18(20)21)5-8-14(13)23-16/h3-9,18,20H,1-2H3. The topological polar surface area (TPSA) is 91.1 Å². The van der Waals surface area contributed by atoms with Crippen LogP contribution in [-0.2, 0) is 4.79 Å². The highest BCUT2D eigenvalue weighted by atomic mass is 16.8. The average molecular weight is 313 g/mol. The van der Waals surface area contributed by atoms with Gasteiger partial charge in [0.25, 0.3) is 0 Å². The third-order valence-electron chi connectivity index (χ3n) is 3.42. The molecule has 0 saturated carbocycles. The molecule has 1 unspecified atom stereocenters. The summed E-state index contributed by atoms with van der Waals surface area (Å²) in [6.07, 6.45) is 2.96. The number of aryl methyl sites for hydroxylation is 1. The fourth-order valence-electron chi connectivity index (χ4n) is 2.38. The van der Waals surface area contributed by atoms with Gasteiger partial charge in [-0.05, 0) is 44.2 Å². The molecule has 0 amide bonds. The highest BCUT2D eigenvalue weighted by Crippen LogP contribution is 2.37. The van der Waals surface area contributed by atoms with E-state index in [1.54, 1.807) is 24.3 Å². The van der Waals surface area contributed by atoms with Crippen molar-refractivity contribution in [1.82, 2.24) is 0 Å². The normalized spacial score (nSPS) is 13.0. The van der Waals surface area contributed by atoms with E-state index < -0.39 is 5.23 Å². The second-order valence-corrected chi connectivity index (χ2v) is 5.21. The Hall–Kier alpha value is -2.67. The van der Waals surface area contributed by atoms with Gasteiger partial charge >= 0.3 is 0 Å². The number of ketones is 1. The lowest BCUT2D eigenvalue weighted by Crippen LogP contribution is -2.99. The van der Waals surface area contributed by atoms with Crippen LogP contribution in [0.25, 0.3) is 28.4 Å². The van der Waals surface area contributed by atoms with E-state index in [2.05, 4.69) is 0 Å². The Morgan fingerprint density at radius 2 is 2.04 bits per heavy atom. The number of benzene rings is 1. The first-order valence-electron chi connectivity index (χ1n) is 7.01. The first-order valence-corrected chi connectivity index (χ1v) is 7.01. The Labute approximate surface area is 131 Å². The van der Waals surface area contributed by atoms with Crippen molar-refractivity contribution in [3.8, 4) is 11.3 Å². The molecule has 0 bridgehead atoms. The van der Waals surface area contributed by atoms with Crippen molar-refractivity contribution in [3.63, 3.8) is 0 Å². The number of allylic oxidation sites excluding steroid dienone is 1. The third kappa shape index (κ3) is 2.95. The minimum Gasteiger partial charge on any atom is -0.595 e. The maximum Gasteiger partial charge on any atom is 0.164 e. The van der Waals surface area contributed by atoms with Crippen LogP contribution in [0, 0.1) is 12.1 Å². The van der Waals surface area contributed by atoms with E-state index in [9.17, 15) is 15.2 Å². The molecular weight excluding hydrogens is 298 g/mol. The van der Waals surface area contributed by atoms with E-state index >= 15 is 0 Å². The van der Waals surface area contributed by atoms with E-state index in [0.717, 1.165) is 5.76 Å². The number of fused-ring (bicyclic) bond motifs is 1. The molecule has 3 aromatic rings. The van der Waals surface area contributed by atoms with Crippen molar-refractivity contribution in [2.75, 3.05) is 0 Å². The Kier molecular flexibility index (Phi) is 3.87. The van der Waals surface area contributed by atoms with Crippen LogP contribution in [0.2, 0.25) is 0 Å². The van der Waals surface area contributed by atoms with Crippen molar-refractivity contribution in [3.05, 3.63) is 53.1 Å². The molecule has 0 aliphatic rings. The lowest BCUT2D eigenvalue weighted by Gasteiger charge is -2.10. The van der Waals surface area contributed by atoms with Crippen LogP contribution >= 0.6 is 0 Å². The van der Waals surface area contributed by atoms with Gasteiger partial charge in [0, 0.05) is 17.5 Å². The molecule has 2 N–H and O–H groups in total. The predicted octanol–water partition coefficient (Wildman–Crippen LogP) is 3.01. The zero-order chi connectivity index (χ0) is 16.6. The van der Waals surface area contributed by atoms with Gasteiger partial charge in [-0.3, -0.25) is 4.79 Å². The van der Waals surface area contributed by atoms with Crippen molar-refractivity contribution in [1.29, 1.82) is 0 Å². The smallest absolute Gasteiger partial charge is 0.164 e. The number of rotatable bonds is 4. The first kappa shape index (κ1) is 15.2. The lowest BCUT2D eigenvalue weighted by molar-refractivity contribution is -0.991. The monoisotopic (exact) mass is 313 g/mol. The summed E-state index contributed by atoms with van der Waals surface area (Å²) in [5.41, 5.74) is 1.32. The van der Waals surface area contributed by atoms with Crippen molar-refractivity contribution < 1.29 is 24.1 Å². The van der Waals surface area contributed by atoms with Crippen LogP contribution in [0.4, 0.5) is 5.69 Å². The zero-order valence-corrected chi connectivity index (χ0v) is 12.6. The maximum atomic E-state index is 11.2. The highest BCUT2D eigenvalue weighted by molar-refractivity contribution is 6.00. The number of carbonyl (C=O) groups excluding carboxylic acids is 1. The molecule has 1 atom stereocenters. The lowest BCUT2D eigenvalue weighted by atomic mass is 10.1. The van der Waals surface area contributed by atoms with E-state index in [-0.39, 0.29) is 11.5 Å². The number of carbonyl (C=O) groups is 1. The molecule has 6 heteroatoms. The molecule has 2 aromatic heterocycles. The van der Waals surface area contributed by atoms with Crippen molar-refractivity contribution in [2.45, 2.75) is 13.8 Å². The Balaban J connectivity index is 2.27. The van der Waals surface area contributed by atoms with Crippen LogP contribution in [0.15, 0.2) is 45.2 Å². The van der Waals surface area contributed by atoms with Gasteiger partial charge in [-0.15, -0.1) is 0 Å². The highest BCUT2D eigenvalue weighted by Gasteiger charge is 2.19. The number of furan rings is 2. The largest absolute Gasteiger partial charge is 0.595 e.